The average Bonchev–Trinajstić information content (AvgIpc) is 3.03. The van der Waals surface area contributed by atoms with Gasteiger partial charge in [-0.15, -0.1) is 11.8 Å². The molecule has 3 N–H and O–H groups in total. The molecular formula is C34H29ClF3N3O4S. The molecule has 1 unspecified atom stereocenters. The van der Waals surface area contributed by atoms with Crippen molar-refractivity contribution in [1.29, 1.82) is 0 Å². The summed E-state index contributed by atoms with van der Waals surface area (Å²) >= 11 is 7.17. The molecule has 7 nitrogen and oxygen atoms in total. The van der Waals surface area contributed by atoms with Crippen molar-refractivity contribution in [2.24, 2.45) is 0 Å². The largest absolute Gasteiger partial charge is 0.494 e. The van der Waals surface area contributed by atoms with Gasteiger partial charge in [0.25, 0.3) is 11.8 Å². The van der Waals surface area contributed by atoms with Gasteiger partial charge in [-0.2, -0.15) is 13.2 Å². The fourth-order valence-corrected chi connectivity index (χ4v) is 5.07. The first-order valence-corrected chi connectivity index (χ1v) is 15.3. The zero-order valence-electron chi connectivity index (χ0n) is 24.7. The second kappa shape index (κ2) is 15.5. The molecule has 0 aliphatic heterocycles. The molecule has 0 aliphatic carbocycles. The van der Waals surface area contributed by atoms with Crippen molar-refractivity contribution in [3.8, 4) is 5.75 Å². The summed E-state index contributed by atoms with van der Waals surface area (Å²) in [5, 5.41) is 7.20. The van der Waals surface area contributed by atoms with E-state index in [1.807, 2.05) is 6.92 Å². The van der Waals surface area contributed by atoms with Crippen LogP contribution in [0.25, 0.3) is 6.08 Å². The Hall–Kier alpha value is -4.74. The topological polar surface area (TPSA) is 96.5 Å². The predicted octanol–water partition coefficient (Wildman–Crippen LogP) is 8.29. The smallest absolute Gasteiger partial charge is 0.416 e. The molecule has 0 spiro atoms. The number of alkyl halides is 3. The quantitative estimate of drug-likeness (QED) is 0.111. The molecule has 3 amide bonds. The molecule has 4 rings (SSSR count). The molecular weight excluding hydrogens is 639 g/mol. The summed E-state index contributed by atoms with van der Waals surface area (Å²) in [6.07, 6.45) is -3.03. The van der Waals surface area contributed by atoms with E-state index in [2.05, 4.69) is 16.0 Å². The minimum atomic E-state index is -4.58. The van der Waals surface area contributed by atoms with E-state index in [4.69, 9.17) is 16.3 Å². The molecule has 4 aromatic carbocycles. The summed E-state index contributed by atoms with van der Waals surface area (Å²) in [7, 11) is 0. The number of ether oxygens (including phenoxy) is 1. The zero-order valence-corrected chi connectivity index (χ0v) is 26.2. The number of hydrogen-bond acceptors (Lipinski definition) is 5. The number of nitrogens with one attached hydrogen (secondary N) is 3. The van der Waals surface area contributed by atoms with Gasteiger partial charge < -0.3 is 20.7 Å². The number of benzene rings is 4. The number of carbonyl (C=O) groups is 3. The van der Waals surface area contributed by atoms with Crippen LogP contribution >= 0.6 is 23.4 Å². The molecule has 12 heteroatoms. The van der Waals surface area contributed by atoms with E-state index in [1.54, 1.807) is 91.9 Å². The van der Waals surface area contributed by atoms with Crippen LogP contribution in [-0.4, -0.2) is 29.6 Å². The molecule has 0 saturated carbocycles. The standard InChI is InChI=1S/C34H29ClF3N3O4S/c1-3-45-26-14-9-22(10-15-26)19-30(41-32(43)23-7-5-4-6-8-23)33(44)39-25-12-16-27(17-13-25)46-21(2)31(42)40-29-20-24(34(36,37)38)11-18-28(29)35/h4-21H,3H2,1-2H3,(H,39,44)(H,40,42)(H,41,43)/b30-19-. The SMILES string of the molecule is CCOc1ccc(/C=C(\NC(=O)c2ccccc2)C(=O)Nc2ccc(SC(C)C(=O)Nc3cc(C(F)(F)F)ccc3Cl)cc2)cc1. The highest BCUT2D eigenvalue weighted by atomic mass is 35.5. The third-order valence-electron chi connectivity index (χ3n) is 6.38. The van der Waals surface area contributed by atoms with E-state index >= 15 is 0 Å². The van der Waals surface area contributed by atoms with Crippen LogP contribution in [0.5, 0.6) is 5.75 Å². The predicted molar refractivity (Wildman–Crippen MR) is 175 cm³/mol. The van der Waals surface area contributed by atoms with Crippen LogP contribution in [0, 0.1) is 0 Å². The molecule has 46 heavy (non-hydrogen) atoms. The van der Waals surface area contributed by atoms with Gasteiger partial charge in [-0.1, -0.05) is 41.9 Å². The molecule has 0 radical (unpaired) electrons. The molecule has 1 atom stereocenters. The van der Waals surface area contributed by atoms with E-state index in [0.29, 0.717) is 34.1 Å². The number of amides is 3. The molecule has 0 aliphatic rings. The number of carbonyl (C=O) groups excluding carboxylic acids is 3. The molecule has 0 aromatic heterocycles. The van der Waals surface area contributed by atoms with Gasteiger partial charge in [0.1, 0.15) is 11.4 Å². The number of thioether (sulfide) groups is 1. The maximum atomic E-state index is 13.3. The summed E-state index contributed by atoms with van der Waals surface area (Å²) in [4.78, 5) is 39.6. The lowest BCUT2D eigenvalue weighted by Gasteiger charge is -2.15. The summed E-state index contributed by atoms with van der Waals surface area (Å²) < 4.78 is 44.7. The fraction of sp³-hybridized carbons (Fsp3) is 0.147. The minimum Gasteiger partial charge on any atom is -0.494 e. The second-order valence-corrected chi connectivity index (χ2v) is 11.6. The third-order valence-corrected chi connectivity index (χ3v) is 7.82. The van der Waals surface area contributed by atoms with Crippen LogP contribution in [0.3, 0.4) is 0 Å². The van der Waals surface area contributed by atoms with Crippen LogP contribution in [0.2, 0.25) is 5.02 Å². The lowest BCUT2D eigenvalue weighted by atomic mass is 10.1. The van der Waals surface area contributed by atoms with Crippen molar-refractivity contribution in [3.63, 3.8) is 0 Å². The van der Waals surface area contributed by atoms with Gasteiger partial charge in [0.15, 0.2) is 0 Å². The molecule has 238 valence electrons. The molecule has 0 bridgehead atoms. The highest BCUT2D eigenvalue weighted by molar-refractivity contribution is 8.00. The Morgan fingerprint density at radius 1 is 0.913 bits per heavy atom. The Balaban J connectivity index is 1.43. The highest BCUT2D eigenvalue weighted by Gasteiger charge is 2.31. The van der Waals surface area contributed by atoms with Crippen molar-refractivity contribution in [2.75, 3.05) is 17.2 Å². The normalized spacial score (nSPS) is 12.2. The van der Waals surface area contributed by atoms with Gasteiger partial charge in [-0.05, 0) is 92.2 Å². The van der Waals surface area contributed by atoms with Crippen LogP contribution in [-0.2, 0) is 15.8 Å². The van der Waals surface area contributed by atoms with Gasteiger partial charge in [0.05, 0.1) is 28.1 Å². The van der Waals surface area contributed by atoms with Gasteiger partial charge in [-0.3, -0.25) is 14.4 Å². The second-order valence-electron chi connectivity index (χ2n) is 9.80. The van der Waals surface area contributed by atoms with Crippen molar-refractivity contribution in [2.45, 2.75) is 30.2 Å². The minimum absolute atomic E-state index is 0.00927. The Morgan fingerprint density at radius 3 is 2.22 bits per heavy atom. The number of rotatable bonds is 11. The summed E-state index contributed by atoms with van der Waals surface area (Å²) in [5.74, 6) is -0.896. The lowest BCUT2D eigenvalue weighted by Crippen LogP contribution is -2.30. The zero-order chi connectivity index (χ0) is 33.3. The van der Waals surface area contributed by atoms with Crippen LogP contribution in [0.4, 0.5) is 24.5 Å². The number of halogens is 4. The van der Waals surface area contributed by atoms with E-state index in [0.717, 1.165) is 30.0 Å². The Labute approximate surface area is 273 Å². The van der Waals surface area contributed by atoms with E-state index in [-0.39, 0.29) is 16.4 Å². The van der Waals surface area contributed by atoms with E-state index in [9.17, 15) is 27.6 Å². The fourth-order valence-electron chi connectivity index (χ4n) is 4.04. The van der Waals surface area contributed by atoms with Crippen LogP contribution in [0.15, 0.2) is 108 Å². The molecule has 0 fully saturated rings. The molecule has 0 heterocycles. The maximum Gasteiger partial charge on any atom is 0.416 e. The molecule has 0 saturated heterocycles. The maximum absolute atomic E-state index is 13.3. The van der Waals surface area contributed by atoms with Gasteiger partial charge in [0.2, 0.25) is 5.91 Å². The van der Waals surface area contributed by atoms with E-state index in [1.165, 1.54) is 0 Å². The van der Waals surface area contributed by atoms with Crippen molar-refractivity contribution in [1.82, 2.24) is 5.32 Å². The third kappa shape index (κ3) is 9.63. The van der Waals surface area contributed by atoms with Crippen molar-refractivity contribution < 1.29 is 32.3 Å². The van der Waals surface area contributed by atoms with Crippen LogP contribution in [0.1, 0.15) is 35.3 Å². The molecule has 4 aromatic rings. The summed E-state index contributed by atoms with van der Waals surface area (Å²) in [6.45, 7) is 3.98. The van der Waals surface area contributed by atoms with E-state index < -0.39 is 34.7 Å². The Morgan fingerprint density at radius 2 is 1.59 bits per heavy atom. The van der Waals surface area contributed by atoms with Gasteiger partial charge in [0, 0.05) is 16.1 Å². The highest BCUT2D eigenvalue weighted by Crippen LogP contribution is 2.34. The first-order chi connectivity index (χ1) is 21.9. The van der Waals surface area contributed by atoms with Gasteiger partial charge >= 0.3 is 6.18 Å². The van der Waals surface area contributed by atoms with Crippen molar-refractivity contribution >= 4 is 58.5 Å². The summed E-state index contributed by atoms with van der Waals surface area (Å²) in [6, 6.07) is 24.8. The monoisotopic (exact) mass is 667 g/mol. The Bertz CT molecular complexity index is 1710. The first-order valence-electron chi connectivity index (χ1n) is 14.0. The number of anilines is 2. The van der Waals surface area contributed by atoms with Crippen LogP contribution < -0.4 is 20.7 Å². The summed E-state index contributed by atoms with van der Waals surface area (Å²) in [5.41, 5.74) is 0.404. The average molecular weight is 668 g/mol. The number of hydrogen-bond donors (Lipinski definition) is 3. The Kier molecular flexibility index (Phi) is 11.5. The van der Waals surface area contributed by atoms with Gasteiger partial charge in [-0.25, -0.2) is 0 Å². The first kappa shape index (κ1) is 34.1. The van der Waals surface area contributed by atoms with Crippen molar-refractivity contribution in [3.05, 3.63) is 124 Å². The lowest BCUT2D eigenvalue weighted by molar-refractivity contribution is -0.137.